The minimum absolute atomic E-state index is 0.0971. The van der Waals surface area contributed by atoms with E-state index in [0.29, 0.717) is 12.4 Å². The normalized spacial score (nSPS) is 12.4. The number of nitrogens with one attached hydrogen (secondary N) is 1. The van der Waals surface area contributed by atoms with Crippen LogP contribution in [0.4, 0.5) is 4.39 Å². The van der Waals surface area contributed by atoms with Crippen molar-refractivity contribution in [2.45, 2.75) is 19.5 Å². The van der Waals surface area contributed by atoms with Crippen molar-refractivity contribution >= 4 is 5.91 Å². The van der Waals surface area contributed by atoms with E-state index >= 15 is 0 Å². The molecule has 1 N–H and O–H groups in total. The Hall–Kier alpha value is -2.28. The number of carbonyl (C=O) groups excluding carboxylic acids is 1. The number of likely N-dealkylation sites (N-methyl/N-ethyl adjacent to an activating group) is 1. The first-order valence-corrected chi connectivity index (χ1v) is 7.02. The van der Waals surface area contributed by atoms with E-state index in [1.807, 2.05) is 25.9 Å². The third-order valence-corrected chi connectivity index (χ3v) is 3.29. The molecule has 0 saturated heterocycles. The second-order valence-corrected chi connectivity index (χ2v) is 5.39. The van der Waals surface area contributed by atoms with Crippen LogP contribution in [0.15, 0.2) is 30.6 Å². The number of rotatable bonds is 6. The van der Waals surface area contributed by atoms with Gasteiger partial charge in [-0.25, -0.2) is 4.39 Å². The average molecular weight is 305 g/mol. The highest BCUT2D eigenvalue weighted by atomic mass is 19.1. The van der Waals surface area contributed by atoms with Crippen molar-refractivity contribution < 1.29 is 9.18 Å². The number of hydrogen-bond donors (Lipinski definition) is 1. The molecule has 1 amide bonds. The van der Waals surface area contributed by atoms with Crippen molar-refractivity contribution in [2.75, 3.05) is 13.6 Å². The molecule has 1 heterocycles. The van der Waals surface area contributed by atoms with E-state index in [1.165, 1.54) is 12.1 Å². The maximum Gasteiger partial charge on any atom is 0.234 e. The van der Waals surface area contributed by atoms with Crippen LogP contribution in [0.5, 0.6) is 0 Å². The lowest BCUT2D eigenvalue weighted by Gasteiger charge is -2.18. The minimum Gasteiger partial charge on any atom is -0.345 e. The Morgan fingerprint density at radius 3 is 2.68 bits per heavy atom. The zero-order chi connectivity index (χ0) is 16.1. The summed E-state index contributed by atoms with van der Waals surface area (Å²) >= 11 is 0. The van der Waals surface area contributed by atoms with Crippen LogP contribution in [0, 0.1) is 5.82 Å². The van der Waals surface area contributed by atoms with Gasteiger partial charge in [-0.05, 0) is 31.7 Å². The summed E-state index contributed by atoms with van der Waals surface area (Å²) in [7, 11) is 3.68. The second kappa shape index (κ2) is 7.13. The lowest BCUT2D eigenvalue weighted by atomic mass is 10.2. The van der Waals surface area contributed by atoms with Crippen LogP contribution < -0.4 is 5.32 Å². The van der Waals surface area contributed by atoms with Crippen LogP contribution in [0.1, 0.15) is 24.4 Å². The molecule has 1 aromatic heterocycles. The lowest BCUT2D eigenvalue weighted by Crippen LogP contribution is -2.36. The molecule has 0 bridgehead atoms. The fourth-order valence-electron chi connectivity index (χ4n) is 2.24. The van der Waals surface area contributed by atoms with E-state index in [1.54, 1.807) is 23.0 Å². The number of benzene rings is 1. The van der Waals surface area contributed by atoms with Gasteiger partial charge < -0.3 is 9.88 Å². The predicted octanol–water partition coefficient (Wildman–Crippen LogP) is 1.26. The minimum atomic E-state index is -0.262. The maximum atomic E-state index is 12.9. The van der Waals surface area contributed by atoms with Crippen molar-refractivity contribution in [2.24, 2.45) is 7.05 Å². The molecular weight excluding hydrogens is 285 g/mol. The molecule has 0 radical (unpaired) electrons. The second-order valence-electron chi connectivity index (χ2n) is 5.39. The van der Waals surface area contributed by atoms with E-state index in [0.717, 1.165) is 5.56 Å². The Balaban J connectivity index is 1.83. The van der Waals surface area contributed by atoms with E-state index in [4.69, 9.17) is 0 Å². The van der Waals surface area contributed by atoms with Crippen molar-refractivity contribution in [3.05, 3.63) is 47.8 Å². The fourth-order valence-corrected chi connectivity index (χ4v) is 2.24. The van der Waals surface area contributed by atoms with E-state index in [2.05, 4.69) is 15.5 Å². The first kappa shape index (κ1) is 16.1. The molecule has 2 aromatic rings. The number of aromatic nitrogens is 3. The molecule has 22 heavy (non-hydrogen) atoms. The van der Waals surface area contributed by atoms with Crippen LogP contribution in [0.3, 0.4) is 0 Å². The molecule has 1 unspecified atom stereocenters. The van der Waals surface area contributed by atoms with Gasteiger partial charge in [0, 0.05) is 13.6 Å². The first-order valence-electron chi connectivity index (χ1n) is 7.02. The predicted molar refractivity (Wildman–Crippen MR) is 80.3 cm³/mol. The Morgan fingerprint density at radius 1 is 1.41 bits per heavy atom. The molecule has 118 valence electrons. The highest BCUT2D eigenvalue weighted by molar-refractivity contribution is 5.78. The van der Waals surface area contributed by atoms with Gasteiger partial charge in [0.1, 0.15) is 12.1 Å². The summed E-state index contributed by atoms with van der Waals surface area (Å²) in [5, 5.41) is 10.7. The molecule has 1 aromatic carbocycles. The molecule has 6 nitrogen and oxygen atoms in total. The smallest absolute Gasteiger partial charge is 0.234 e. The number of amides is 1. The van der Waals surface area contributed by atoms with Crippen molar-refractivity contribution in [1.82, 2.24) is 25.0 Å². The molecule has 0 aliphatic rings. The van der Waals surface area contributed by atoms with Crippen LogP contribution in [0.2, 0.25) is 0 Å². The number of aryl methyl sites for hydroxylation is 1. The molecule has 7 heteroatoms. The molecule has 2 rings (SSSR count). The van der Waals surface area contributed by atoms with Crippen LogP contribution in [-0.4, -0.2) is 39.2 Å². The molecule has 0 aliphatic heterocycles. The fraction of sp³-hybridized carbons (Fsp3) is 0.400. The topological polar surface area (TPSA) is 63.1 Å². The highest BCUT2D eigenvalue weighted by Crippen LogP contribution is 2.08. The van der Waals surface area contributed by atoms with Gasteiger partial charge in [0.25, 0.3) is 0 Å². The van der Waals surface area contributed by atoms with Gasteiger partial charge in [-0.15, -0.1) is 10.2 Å². The average Bonchev–Trinajstić information content (AvgIpc) is 2.87. The van der Waals surface area contributed by atoms with E-state index in [9.17, 15) is 9.18 Å². The number of hydrogen-bond acceptors (Lipinski definition) is 4. The van der Waals surface area contributed by atoms with Crippen LogP contribution >= 0.6 is 0 Å². The first-order chi connectivity index (χ1) is 10.5. The van der Waals surface area contributed by atoms with Gasteiger partial charge in [0.2, 0.25) is 5.91 Å². The Bertz CT molecular complexity index is 625. The summed E-state index contributed by atoms with van der Waals surface area (Å²) in [4.78, 5) is 13.9. The van der Waals surface area contributed by atoms with Crippen molar-refractivity contribution in [3.8, 4) is 0 Å². The summed E-state index contributed by atoms with van der Waals surface area (Å²) in [6, 6.07) is 6.05. The quantitative estimate of drug-likeness (QED) is 0.873. The summed E-state index contributed by atoms with van der Waals surface area (Å²) in [5.41, 5.74) is 0.957. The molecule has 0 saturated carbocycles. The van der Waals surface area contributed by atoms with Gasteiger partial charge in [-0.3, -0.25) is 9.69 Å². The monoisotopic (exact) mass is 305 g/mol. The highest BCUT2D eigenvalue weighted by Gasteiger charge is 2.15. The summed E-state index contributed by atoms with van der Waals surface area (Å²) in [5.74, 6) is 0.344. The molecule has 0 spiro atoms. The van der Waals surface area contributed by atoms with Crippen molar-refractivity contribution in [3.63, 3.8) is 0 Å². The van der Waals surface area contributed by atoms with Crippen LogP contribution in [-0.2, 0) is 18.4 Å². The lowest BCUT2D eigenvalue weighted by molar-refractivity contribution is -0.122. The third kappa shape index (κ3) is 4.36. The zero-order valence-electron chi connectivity index (χ0n) is 13.0. The van der Waals surface area contributed by atoms with Crippen molar-refractivity contribution in [1.29, 1.82) is 0 Å². The van der Waals surface area contributed by atoms with E-state index < -0.39 is 0 Å². The summed E-state index contributed by atoms with van der Waals surface area (Å²) in [6.45, 7) is 2.69. The Morgan fingerprint density at radius 2 is 2.09 bits per heavy atom. The molecule has 0 fully saturated rings. The van der Waals surface area contributed by atoms with Gasteiger partial charge >= 0.3 is 0 Å². The molecule has 0 aliphatic carbocycles. The Labute approximate surface area is 129 Å². The number of carbonyl (C=O) groups is 1. The molecular formula is C15H20FN5O. The van der Waals surface area contributed by atoms with Gasteiger partial charge in [-0.1, -0.05) is 12.1 Å². The third-order valence-electron chi connectivity index (χ3n) is 3.29. The maximum absolute atomic E-state index is 12.9. The van der Waals surface area contributed by atoms with Crippen LogP contribution in [0.25, 0.3) is 0 Å². The number of halogens is 1. The SMILES string of the molecule is CC(NC(=O)CN(C)Cc1ccc(F)cc1)c1nncn1C. The molecule has 1 atom stereocenters. The van der Waals surface area contributed by atoms with Gasteiger partial charge in [0.05, 0.1) is 12.6 Å². The number of nitrogens with zero attached hydrogens (tertiary/aromatic N) is 4. The van der Waals surface area contributed by atoms with Gasteiger partial charge in [0.15, 0.2) is 5.82 Å². The zero-order valence-corrected chi connectivity index (χ0v) is 13.0. The summed E-state index contributed by atoms with van der Waals surface area (Å²) < 4.78 is 14.6. The van der Waals surface area contributed by atoms with Gasteiger partial charge in [-0.2, -0.15) is 0 Å². The summed E-state index contributed by atoms with van der Waals surface area (Å²) in [6.07, 6.45) is 1.60. The largest absolute Gasteiger partial charge is 0.345 e. The Kier molecular flexibility index (Phi) is 5.21. The standard InChI is InChI=1S/C15H20FN5O/c1-11(15-19-17-10-21(15)3)18-14(22)9-20(2)8-12-4-6-13(16)7-5-12/h4-7,10-11H,8-9H2,1-3H3,(H,18,22). The van der Waals surface area contributed by atoms with E-state index in [-0.39, 0.29) is 24.3 Å².